The molecule has 10 heteroatoms. The summed E-state index contributed by atoms with van der Waals surface area (Å²) in [5.74, 6) is 0.298. The Morgan fingerprint density at radius 2 is 1.88 bits per heavy atom. The van der Waals surface area contributed by atoms with Gasteiger partial charge in [-0.05, 0) is 42.5 Å². The second-order valence-electron chi connectivity index (χ2n) is 9.15. The first-order valence-electron chi connectivity index (χ1n) is 10.6. The van der Waals surface area contributed by atoms with Crippen LogP contribution in [-0.4, -0.2) is 36.4 Å². The molecule has 0 amide bonds. The van der Waals surface area contributed by atoms with Gasteiger partial charge in [-0.2, -0.15) is 0 Å². The van der Waals surface area contributed by atoms with Crippen LogP contribution in [0.15, 0.2) is 41.3 Å². The Bertz CT molecular complexity index is 1280. The molecule has 7 nitrogen and oxygen atoms in total. The van der Waals surface area contributed by atoms with E-state index in [0.717, 1.165) is 18.1 Å². The van der Waals surface area contributed by atoms with E-state index in [-0.39, 0.29) is 27.1 Å². The zero-order valence-corrected chi connectivity index (χ0v) is 20.5. The van der Waals surface area contributed by atoms with E-state index in [4.69, 9.17) is 16.3 Å². The summed E-state index contributed by atoms with van der Waals surface area (Å²) in [6, 6.07) is 9.06. The molecule has 1 aliphatic rings. The van der Waals surface area contributed by atoms with Gasteiger partial charge in [-0.1, -0.05) is 44.5 Å². The third-order valence-electron chi connectivity index (χ3n) is 5.71. The monoisotopic (exact) mass is 492 g/mol. The average molecular weight is 493 g/mol. The number of hydrogen-bond donors (Lipinski definition) is 1. The molecule has 0 radical (unpaired) electrons. The Morgan fingerprint density at radius 1 is 1.18 bits per heavy atom. The molecule has 1 aliphatic heterocycles. The number of ether oxygens (including phenoxy) is 1. The van der Waals surface area contributed by atoms with E-state index in [0.29, 0.717) is 30.4 Å². The van der Waals surface area contributed by atoms with E-state index < -0.39 is 15.8 Å². The summed E-state index contributed by atoms with van der Waals surface area (Å²) in [6.45, 7) is 9.04. The molecule has 0 aliphatic carbocycles. The van der Waals surface area contributed by atoms with Crippen LogP contribution in [-0.2, 0) is 20.2 Å². The summed E-state index contributed by atoms with van der Waals surface area (Å²) < 4.78 is 50.6. The lowest BCUT2D eigenvalue weighted by atomic mass is 9.87. The van der Waals surface area contributed by atoms with Crippen LogP contribution in [0.5, 0.6) is 0 Å². The molecule has 1 aromatic heterocycles. The Morgan fingerprint density at radius 3 is 2.48 bits per heavy atom. The molecule has 2 heterocycles. The number of sulfonamides is 1. The molecule has 176 valence electrons. The van der Waals surface area contributed by atoms with Crippen molar-refractivity contribution in [2.45, 2.75) is 50.5 Å². The van der Waals surface area contributed by atoms with Crippen LogP contribution in [0.2, 0.25) is 5.02 Å². The van der Waals surface area contributed by atoms with Gasteiger partial charge in [0.15, 0.2) is 5.82 Å². The first kappa shape index (κ1) is 23.7. The van der Waals surface area contributed by atoms with Crippen molar-refractivity contribution >= 4 is 27.3 Å². The predicted octanol–water partition coefficient (Wildman–Crippen LogP) is 5.11. The van der Waals surface area contributed by atoms with Gasteiger partial charge in [-0.3, -0.25) is 4.72 Å². The average Bonchev–Trinajstić information content (AvgIpc) is 3.39. The summed E-state index contributed by atoms with van der Waals surface area (Å²) in [5.41, 5.74) is 1.25. The van der Waals surface area contributed by atoms with Gasteiger partial charge < -0.3 is 9.30 Å². The van der Waals surface area contributed by atoms with Crippen molar-refractivity contribution in [1.29, 1.82) is 0 Å². The molecule has 3 aromatic rings. The second kappa shape index (κ2) is 8.70. The van der Waals surface area contributed by atoms with Crippen LogP contribution in [0.1, 0.15) is 44.6 Å². The standard InChI is InChI=1S/C23H26ClFN4O3S/c1-14-26-27-22(29(14)16-9-10-32-13-16)18-11-19(24)20(25)12-21(18)28-33(30,31)17-7-5-15(6-8-17)23(2,3)4/h5-8,11-12,16,28H,9-10,13H2,1-4H3. The Kier molecular flexibility index (Phi) is 6.24. The smallest absolute Gasteiger partial charge is 0.261 e. The van der Waals surface area contributed by atoms with Gasteiger partial charge in [0.05, 0.1) is 28.3 Å². The van der Waals surface area contributed by atoms with E-state index in [1.165, 1.54) is 18.2 Å². The summed E-state index contributed by atoms with van der Waals surface area (Å²) in [5, 5.41) is 8.26. The number of aryl methyl sites for hydroxylation is 1. The van der Waals surface area contributed by atoms with Crippen LogP contribution in [0.25, 0.3) is 11.4 Å². The van der Waals surface area contributed by atoms with E-state index >= 15 is 0 Å². The maximum absolute atomic E-state index is 14.4. The Balaban J connectivity index is 1.76. The van der Waals surface area contributed by atoms with Crippen LogP contribution in [0, 0.1) is 12.7 Å². The van der Waals surface area contributed by atoms with Gasteiger partial charge in [0.1, 0.15) is 11.6 Å². The van der Waals surface area contributed by atoms with Gasteiger partial charge in [-0.25, -0.2) is 12.8 Å². The van der Waals surface area contributed by atoms with Crippen LogP contribution in [0.3, 0.4) is 0 Å². The van der Waals surface area contributed by atoms with Crippen molar-refractivity contribution in [3.05, 3.63) is 58.6 Å². The predicted molar refractivity (Wildman–Crippen MR) is 126 cm³/mol. The fourth-order valence-corrected chi connectivity index (χ4v) is 5.10. The summed E-state index contributed by atoms with van der Waals surface area (Å²) in [6.07, 6.45) is 0.766. The summed E-state index contributed by atoms with van der Waals surface area (Å²) in [7, 11) is -4.00. The zero-order chi connectivity index (χ0) is 24.0. The summed E-state index contributed by atoms with van der Waals surface area (Å²) >= 11 is 6.07. The highest BCUT2D eigenvalue weighted by Gasteiger charge is 2.27. The van der Waals surface area contributed by atoms with Crippen molar-refractivity contribution in [2.75, 3.05) is 17.9 Å². The normalized spacial score (nSPS) is 16.8. The highest BCUT2D eigenvalue weighted by atomic mass is 35.5. The number of hydrogen-bond acceptors (Lipinski definition) is 5. The zero-order valence-electron chi connectivity index (χ0n) is 18.9. The fraction of sp³-hybridized carbons (Fsp3) is 0.391. The molecule has 1 unspecified atom stereocenters. The first-order chi connectivity index (χ1) is 15.5. The number of aromatic nitrogens is 3. The largest absolute Gasteiger partial charge is 0.379 e. The highest BCUT2D eigenvalue weighted by Crippen LogP contribution is 2.36. The van der Waals surface area contributed by atoms with Crippen LogP contribution < -0.4 is 4.72 Å². The molecule has 33 heavy (non-hydrogen) atoms. The molecule has 1 saturated heterocycles. The van der Waals surface area contributed by atoms with Crippen molar-refractivity contribution < 1.29 is 17.5 Å². The molecule has 1 N–H and O–H groups in total. The molecular weight excluding hydrogens is 467 g/mol. The summed E-state index contributed by atoms with van der Waals surface area (Å²) in [4.78, 5) is 0.0682. The van der Waals surface area contributed by atoms with Crippen LogP contribution in [0.4, 0.5) is 10.1 Å². The quantitative estimate of drug-likeness (QED) is 0.535. The van der Waals surface area contributed by atoms with Crippen molar-refractivity contribution in [1.82, 2.24) is 14.8 Å². The molecule has 0 bridgehead atoms. The van der Waals surface area contributed by atoms with E-state index in [1.54, 1.807) is 19.1 Å². The van der Waals surface area contributed by atoms with E-state index in [1.807, 2.05) is 25.3 Å². The maximum Gasteiger partial charge on any atom is 0.261 e. The lowest BCUT2D eigenvalue weighted by Crippen LogP contribution is -2.17. The minimum Gasteiger partial charge on any atom is -0.379 e. The minimum absolute atomic E-state index is 0.00627. The SMILES string of the molecule is Cc1nnc(-c2cc(Cl)c(F)cc2NS(=O)(=O)c2ccc(C(C)(C)C)cc2)n1C1CCOC1. The molecule has 0 saturated carbocycles. The number of rotatable bonds is 5. The number of halogens is 2. The molecular formula is C23H26ClFN4O3S. The second-order valence-corrected chi connectivity index (χ2v) is 11.2. The Hall–Kier alpha value is -2.49. The molecule has 1 fully saturated rings. The highest BCUT2D eigenvalue weighted by molar-refractivity contribution is 7.92. The molecule has 4 rings (SSSR count). The van der Waals surface area contributed by atoms with Crippen LogP contribution >= 0.6 is 11.6 Å². The van der Waals surface area contributed by atoms with Crippen molar-refractivity contribution in [3.8, 4) is 11.4 Å². The molecule has 0 spiro atoms. The number of nitrogens with zero attached hydrogens (tertiary/aromatic N) is 3. The molecule has 2 aromatic carbocycles. The maximum atomic E-state index is 14.4. The Labute approximate surface area is 198 Å². The van der Waals surface area contributed by atoms with Crippen molar-refractivity contribution in [3.63, 3.8) is 0 Å². The first-order valence-corrected chi connectivity index (χ1v) is 12.5. The fourth-order valence-electron chi connectivity index (χ4n) is 3.87. The van der Waals surface area contributed by atoms with E-state index in [2.05, 4.69) is 14.9 Å². The van der Waals surface area contributed by atoms with Gasteiger partial charge in [0.25, 0.3) is 10.0 Å². The van der Waals surface area contributed by atoms with E-state index in [9.17, 15) is 12.8 Å². The molecule has 1 atom stereocenters. The van der Waals surface area contributed by atoms with Crippen molar-refractivity contribution in [2.24, 2.45) is 0 Å². The number of benzene rings is 2. The lowest BCUT2D eigenvalue weighted by molar-refractivity contribution is 0.186. The van der Waals surface area contributed by atoms with Gasteiger partial charge in [0.2, 0.25) is 0 Å². The third kappa shape index (κ3) is 4.76. The topological polar surface area (TPSA) is 86.1 Å². The lowest BCUT2D eigenvalue weighted by Gasteiger charge is -2.20. The number of anilines is 1. The van der Waals surface area contributed by atoms with Gasteiger partial charge in [0, 0.05) is 18.2 Å². The van der Waals surface area contributed by atoms with Gasteiger partial charge >= 0.3 is 0 Å². The third-order valence-corrected chi connectivity index (χ3v) is 7.38. The van der Waals surface area contributed by atoms with Gasteiger partial charge in [-0.15, -0.1) is 10.2 Å². The minimum atomic E-state index is -4.00. The number of nitrogens with one attached hydrogen (secondary N) is 1.